The van der Waals surface area contributed by atoms with Gasteiger partial charge in [-0.05, 0) is 26.2 Å². The summed E-state index contributed by atoms with van der Waals surface area (Å²) in [6, 6.07) is 0.231. The van der Waals surface area contributed by atoms with Crippen molar-refractivity contribution in [1.82, 2.24) is 20.9 Å². The van der Waals surface area contributed by atoms with Crippen LogP contribution in [0, 0.1) is 0 Å². The lowest BCUT2D eigenvalue weighted by Gasteiger charge is -2.48. The van der Waals surface area contributed by atoms with Crippen LogP contribution in [0.2, 0.25) is 0 Å². The highest BCUT2D eigenvalue weighted by Crippen LogP contribution is 2.33. The average Bonchev–Trinajstić information content (AvgIpc) is 2.71. The highest BCUT2D eigenvalue weighted by molar-refractivity contribution is 14.0. The Bertz CT molecular complexity index is 477. The zero-order chi connectivity index (χ0) is 19.5. The predicted octanol–water partition coefficient (Wildman–Crippen LogP) is 2.11. The molecule has 1 atom stereocenters. The zero-order valence-corrected chi connectivity index (χ0v) is 20.2. The summed E-state index contributed by atoms with van der Waals surface area (Å²) in [4.78, 5) is 18.9. The summed E-state index contributed by atoms with van der Waals surface area (Å²) in [5.41, 5.74) is 0.202. The number of amides is 1. The van der Waals surface area contributed by atoms with Crippen molar-refractivity contribution in [2.75, 3.05) is 46.4 Å². The summed E-state index contributed by atoms with van der Waals surface area (Å²) in [6.07, 6.45) is 7.79. The maximum absolute atomic E-state index is 11.9. The lowest BCUT2D eigenvalue weighted by atomic mass is 9.80. The fourth-order valence-corrected chi connectivity index (χ4v) is 4.06. The molecule has 0 aromatic rings. The number of carbonyl (C=O) groups is 1. The van der Waals surface area contributed by atoms with Gasteiger partial charge in [0.2, 0.25) is 5.91 Å². The third-order valence-corrected chi connectivity index (χ3v) is 5.94. The van der Waals surface area contributed by atoms with E-state index in [2.05, 4.69) is 32.8 Å². The molecule has 1 aliphatic heterocycles. The maximum atomic E-state index is 11.9. The van der Waals surface area contributed by atoms with E-state index in [1.807, 2.05) is 6.92 Å². The number of guanidine groups is 1. The van der Waals surface area contributed by atoms with Crippen molar-refractivity contribution in [3.63, 3.8) is 0 Å². The number of nitrogens with zero attached hydrogens (tertiary/aromatic N) is 2. The Hall–Kier alpha value is -0.610. The Kier molecular flexibility index (Phi) is 12.3. The molecule has 1 saturated carbocycles. The molecule has 2 fully saturated rings. The van der Waals surface area contributed by atoms with Crippen LogP contribution in [-0.2, 0) is 9.53 Å². The molecule has 2 rings (SSSR count). The molecule has 0 aromatic heterocycles. The van der Waals surface area contributed by atoms with Gasteiger partial charge in [-0.25, -0.2) is 0 Å². The number of carbonyl (C=O) groups excluding carboxylic acids is 1. The Morgan fingerprint density at radius 3 is 2.46 bits per heavy atom. The topological polar surface area (TPSA) is 78.0 Å². The number of aliphatic imine (C=N–C) groups is 1. The second-order valence-corrected chi connectivity index (χ2v) is 7.86. The SMILES string of the molecule is CCC(C)NC(=O)CCNC(=NC)NCC1(N2CCOCC2)CCCCC1.I. The second kappa shape index (κ2) is 13.6. The van der Waals surface area contributed by atoms with Gasteiger partial charge in [-0.2, -0.15) is 0 Å². The second-order valence-electron chi connectivity index (χ2n) is 7.86. The smallest absolute Gasteiger partial charge is 0.221 e. The molecule has 0 radical (unpaired) electrons. The number of nitrogens with one attached hydrogen (secondary N) is 3. The third-order valence-electron chi connectivity index (χ3n) is 5.94. The zero-order valence-electron chi connectivity index (χ0n) is 17.9. The van der Waals surface area contributed by atoms with Crippen LogP contribution < -0.4 is 16.0 Å². The number of hydrogen-bond acceptors (Lipinski definition) is 4. The summed E-state index contributed by atoms with van der Waals surface area (Å²) in [5.74, 6) is 0.869. The summed E-state index contributed by atoms with van der Waals surface area (Å²) >= 11 is 0. The number of ether oxygens (including phenoxy) is 1. The first-order valence-electron chi connectivity index (χ1n) is 10.7. The molecule has 7 nitrogen and oxygen atoms in total. The minimum absolute atomic E-state index is 0. The summed E-state index contributed by atoms with van der Waals surface area (Å²) < 4.78 is 5.56. The minimum atomic E-state index is 0. The van der Waals surface area contributed by atoms with Crippen molar-refractivity contribution < 1.29 is 9.53 Å². The lowest BCUT2D eigenvalue weighted by molar-refractivity contribution is -0.121. The van der Waals surface area contributed by atoms with Gasteiger partial charge < -0.3 is 20.7 Å². The molecular formula is C20H40IN5O2. The normalized spacial score (nSPS) is 21.3. The molecular weight excluding hydrogens is 469 g/mol. The molecule has 0 spiro atoms. The van der Waals surface area contributed by atoms with Gasteiger partial charge in [0, 0.05) is 51.2 Å². The third kappa shape index (κ3) is 8.02. The molecule has 3 N–H and O–H groups in total. The first kappa shape index (κ1) is 25.4. The molecule has 28 heavy (non-hydrogen) atoms. The van der Waals surface area contributed by atoms with E-state index < -0.39 is 0 Å². The highest BCUT2D eigenvalue weighted by atomic mass is 127. The van der Waals surface area contributed by atoms with Crippen molar-refractivity contribution in [3.05, 3.63) is 0 Å². The highest BCUT2D eigenvalue weighted by Gasteiger charge is 2.38. The van der Waals surface area contributed by atoms with Gasteiger partial charge in [0.1, 0.15) is 0 Å². The molecule has 1 aliphatic carbocycles. The van der Waals surface area contributed by atoms with Crippen molar-refractivity contribution in [2.45, 2.75) is 70.4 Å². The van der Waals surface area contributed by atoms with Gasteiger partial charge in [0.25, 0.3) is 0 Å². The Morgan fingerprint density at radius 2 is 1.86 bits per heavy atom. The van der Waals surface area contributed by atoms with E-state index in [9.17, 15) is 4.79 Å². The molecule has 0 aromatic carbocycles. The number of morpholine rings is 1. The Morgan fingerprint density at radius 1 is 1.18 bits per heavy atom. The molecule has 164 valence electrons. The van der Waals surface area contributed by atoms with E-state index in [-0.39, 0.29) is 41.5 Å². The minimum Gasteiger partial charge on any atom is -0.379 e. The van der Waals surface area contributed by atoms with E-state index in [1.54, 1.807) is 7.05 Å². The van der Waals surface area contributed by atoms with E-state index in [0.29, 0.717) is 13.0 Å². The maximum Gasteiger partial charge on any atom is 0.221 e. The van der Waals surface area contributed by atoms with Crippen LogP contribution >= 0.6 is 24.0 Å². The fourth-order valence-electron chi connectivity index (χ4n) is 4.06. The van der Waals surface area contributed by atoms with Crippen LogP contribution in [-0.4, -0.2) is 74.8 Å². The lowest BCUT2D eigenvalue weighted by Crippen LogP contribution is -2.60. The van der Waals surface area contributed by atoms with Crippen LogP contribution in [0.1, 0.15) is 58.8 Å². The van der Waals surface area contributed by atoms with Gasteiger partial charge in [-0.3, -0.25) is 14.7 Å². The molecule has 1 saturated heterocycles. The van der Waals surface area contributed by atoms with Crippen molar-refractivity contribution in [1.29, 1.82) is 0 Å². The van der Waals surface area contributed by atoms with Crippen LogP contribution in [0.4, 0.5) is 0 Å². The summed E-state index contributed by atoms with van der Waals surface area (Å²) in [7, 11) is 1.79. The van der Waals surface area contributed by atoms with Gasteiger partial charge in [-0.15, -0.1) is 24.0 Å². The largest absolute Gasteiger partial charge is 0.379 e. The van der Waals surface area contributed by atoms with Gasteiger partial charge >= 0.3 is 0 Å². The quantitative estimate of drug-likeness (QED) is 0.266. The standard InChI is InChI=1S/C20H39N5O2.HI/c1-4-17(2)24-18(26)8-11-22-19(21-3)23-16-20(9-6-5-7-10-20)25-12-14-27-15-13-25;/h17H,4-16H2,1-3H3,(H,24,26)(H2,21,22,23);1H. The Balaban J connectivity index is 0.00000392. The number of hydrogen-bond donors (Lipinski definition) is 3. The van der Waals surface area contributed by atoms with Gasteiger partial charge in [0.15, 0.2) is 5.96 Å². The summed E-state index contributed by atoms with van der Waals surface area (Å²) in [6.45, 7) is 9.29. The first-order valence-corrected chi connectivity index (χ1v) is 10.7. The van der Waals surface area contributed by atoms with Gasteiger partial charge in [-0.1, -0.05) is 26.2 Å². The molecule has 1 heterocycles. The van der Waals surface area contributed by atoms with Crippen molar-refractivity contribution in [2.24, 2.45) is 4.99 Å². The number of halogens is 1. The molecule has 1 amide bonds. The first-order chi connectivity index (χ1) is 13.1. The van der Waals surface area contributed by atoms with E-state index in [0.717, 1.165) is 45.2 Å². The average molecular weight is 509 g/mol. The molecule has 0 bridgehead atoms. The predicted molar refractivity (Wildman–Crippen MR) is 126 cm³/mol. The van der Waals surface area contributed by atoms with Crippen LogP contribution in [0.3, 0.4) is 0 Å². The molecule has 8 heteroatoms. The summed E-state index contributed by atoms with van der Waals surface area (Å²) in [5, 5.41) is 9.81. The Labute approximate surface area is 187 Å². The van der Waals surface area contributed by atoms with Crippen LogP contribution in [0.15, 0.2) is 4.99 Å². The van der Waals surface area contributed by atoms with E-state index in [4.69, 9.17) is 4.74 Å². The van der Waals surface area contributed by atoms with Crippen LogP contribution in [0.25, 0.3) is 0 Å². The molecule has 2 aliphatic rings. The van der Waals surface area contributed by atoms with Crippen LogP contribution in [0.5, 0.6) is 0 Å². The number of rotatable bonds is 8. The van der Waals surface area contributed by atoms with E-state index >= 15 is 0 Å². The monoisotopic (exact) mass is 509 g/mol. The van der Waals surface area contributed by atoms with Crippen molar-refractivity contribution >= 4 is 35.8 Å². The molecule has 1 unspecified atom stereocenters. The van der Waals surface area contributed by atoms with Gasteiger partial charge in [0.05, 0.1) is 13.2 Å². The fraction of sp³-hybridized carbons (Fsp3) is 0.900. The van der Waals surface area contributed by atoms with Crippen molar-refractivity contribution in [3.8, 4) is 0 Å². The van der Waals surface area contributed by atoms with E-state index in [1.165, 1.54) is 32.1 Å².